The van der Waals surface area contributed by atoms with Crippen LogP contribution in [0.2, 0.25) is 0 Å². The van der Waals surface area contributed by atoms with Gasteiger partial charge in [-0.05, 0) is 13.8 Å². The van der Waals surface area contributed by atoms with Crippen LogP contribution in [0.4, 0.5) is 0 Å². The predicted molar refractivity (Wildman–Crippen MR) is 76.1 cm³/mol. The van der Waals surface area contributed by atoms with Crippen molar-refractivity contribution in [2.24, 2.45) is 0 Å². The van der Waals surface area contributed by atoms with Crippen LogP contribution in [0.3, 0.4) is 0 Å². The molecule has 3 unspecified atom stereocenters. The second-order valence-electron chi connectivity index (χ2n) is 3.62. The number of halogens is 5. The highest BCUT2D eigenvalue weighted by Gasteiger charge is 2.26. The quantitative estimate of drug-likeness (QED) is 0.464. The van der Waals surface area contributed by atoms with Gasteiger partial charge in [-0.25, -0.2) is 0 Å². The maximum absolute atomic E-state index is 6.15. The number of alkyl halides is 4. The largest absolute Gasteiger partial charge is 0.116 e. The Balaban J connectivity index is 4.55. The van der Waals surface area contributed by atoms with Gasteiger partial charge in [-0.15, -0.1) is 34.8 Å². The molecule has 88 valence electrons. The maximum Gasteiger partial charge on any atom is 0.0807 e. The van der Waals surface area contributed by atoms with E-state index in [0.717, 1.165) is 0 Å². The Kier molecular flexibility index (Phi) is 7.26. The molecule has 0 bridgehead atoms. The molecule has 0 nitrogen and oxygen atoms in total. The van der Waals surface area contributed by atoms with Crippen LogP contribution in [-0.4, -0.2) is 20.5 Å². The summed E-state index contributed by atoms with van der Waals surface area (Å²) in [7, 11) is 0. The van der Waals surface area contributed by atoms with Gasteiger partial charge in [0.2, 0.25) is 0 Å². The van der Waals surface area contributed by atoms with Gasteiger partial charge in [0.25, 0.3) is 0 Å². The summed E-state index contributed by atoms with van der Waals surface area (Å²) in [5, 5.41) is 0.276. The molecule has 0 aliphatic rings. The third-order valence-corrected chi connectivity index (χ3v) is 4.75. The van der Waals surface area contributed by atoms with Gasteiger partial charge < -0.3 is 0 Å². The molecule has 5 heteroatoms. The van der Waals surface area contributed by atoms with Crippen molar-refractivity contribution in [3.05, 3.63) is 23.8 Å². The van der Waals surface area contributed by atoms with Gasteiger partial charge in [0.05, 0.1) is 15.1 Å². The zero-order valence-corrected chi connectivity index (χ0v) is 13.1. The van der Waals surface area contributed by atoms with Crippen LogP contribution in [0, 0.1) is 0 Å². The molecule has 3 atom stereocenters. The van der Waals surface area contributed by atoms with Gasteiger partial charge in [0.1, 0.15) is 0 Å². The second-order valence-corrected chi connectivity index (χ2v) is 6.58. The molecule has 0 radical (unpaired) electrons. The zero-order chi connectivity index (χ0) is 12.1. The molecule has 0 aliphatic heterocycles. The minimum Gasteiger partial charge on any atom is -0.116 e. The molecule has 0 aromatic rings. The fourth-order valence-electron chi connectivity index (χ4n) is 0.733. The van der Waals surface area contributed by atoms with Crippen molar-refractivity contribution in [1.29, 1.82) is 0 Å². The number of rotatable bonds is 5. The Hall–Kier alpha value is 1.12. The van der Waals surface area contributed by atoms with Crippen molar-refractivity contribution in [3.8, 4) is 0 Å². The van der Waals surface area contributed by atoms with E-state index in [-0.39, 0.29) is 5.38 Å². The Morgan fingerprint density at radius 1 is 1.27 bits per heavy atom. The van der Waals surface area contributed by atoms with E-state index in [9.17, 15) is 0 Å². The Morgan fingerprint density at radius 2 is 1.80 bits per heavy atom. The summed E-state index contributed by atoms with van der Waals surface area (Å²) < 4.78 is 0. The molecule has 0 amide bonds. The van der Waals surface area contributed by atoms with Crippen molar-refractivity contribution < 1.29 is 0 Å². The molecule has 0 aliphatic carbocycles. The molecule has 0 N–H and O–H groups in total. The number of hydrogen-bond acceptors (Lipinski definition) is 0. The highest BCUT2D eigenvalue weighted by Crippen LogP contribution is 2.29. The van der Waals surface area contributed by atoms with E-state index >= 15 is 0 Å². The normalized spacial score (nSPS) is 22.9. The monoisotopic (exact) mass is 352 g/mol. The van der Waals surface area contributed by atoms with E-state index in [4.69, 9.17) is 46.4 Å². The van der Waals surface area contributed by atoms with Crippen LogP contribution in [0.1, 0.15) is 13.8 Å². The van der Waals surface area contributed by atoms with Gasteiger partial charge in [-0.3, -0.25) is 0 Å². The van der Waals surface area contributed by atoms with E-state index in [2.05, 4.69) is 15.9 Å². The average molecular weight is 355 g/mol. The summed E-state index contributed by atoms with van der Waals surface area (Å²) in [6.07, 6.45) is 5.24. The summed E-state index contributed by atoms with van der Waals surface area (Å²) in [6.45, 7) is 3.67. The number of hydrogen-bond donors (Lipinski definition) is 0. The van der Waals surface area contributed by atoms with Gasteiger partial charge >= 0.3 is 0 Å². The first-order chi connectivity index (χ1) is 6.75. The molecule has 0 saturated carbocycles. The van der Waals surface area contributed by atoms with E-state index in [1.807, 2.05) is 13.0 Å². The lowest BCUT2D eigenvalue weighted by Gasteiger charge is -2.22. The second kappa shape index (κ2) is 6.76. The van der Waals surface area contributed by atoms with Crippen LogP contribution in [-0.2, 0) is 0 Å². The van der Waals surface area contributed by atoms with Gasteiger partial charge in [0.15, 0.2) is 0 Å². The fourth-order valence-corrected chi connectivity index (χ4v) is 1.60. The first-order valence-corrected chi connectivity index (χ1v) is 7.05. The molecular weight excluding hydrogens is 342 g/mol. The molecule has 0 saturated heterocycles. The lowest BCUT2D eigenvalue weighted by molar-refractivity contribution is 0.790. The van der Waals surface area contributed by atoms with Crippen molar-refractivity contribution in [1.82, 2.24) is 0 Å². The summed E-state index contributed by atoms with van der Waals surface area (Å²) in [5.41, 5.74) is 1.36. The van der Waals surface area contributed by atoms with E-state index in [1.165, 1.54) is 5.54 Å². The molecule has 15 heavy (non-hydrogen) atoms. The van der Waals surface area contributed by atoms with Crippen molar-refractivity contribution in [3.63, 3.8) is 0 Å². The van der Waals surface area contributed by atoms with Gasteiger partial charge in [-0.2, -0.15) is 0 Å². The summed E-state index contributed by atoms with van der Waals surface area (Å²) in [4.78, 5) is -1.16. The zero-order valence-electron chi connectivity index (χ0n) is 8.48. The number of allylic oxidation sites excluding steroid dienone is 3. The topological polar surface area (TPSA) is 0 Å². The minimum absolute atomic E-state index is 0.369. The fraction of sp³-hybridized carbons (Fsp3) is 0.600. The molecule has 0 rings (SSSR count). The van der Waals surface area contributed by atoms with Gasteiger partial charge in [-0.1, -0.05) is 45.8 Å². The van der Waals surface area contributed by atoms with Crippen molar-refractivity contribution in [2.45, 2.75) is 29.0 Å². The van der Waals surface area contributed by atoms with Crippen LogP contribution in [0.25, 0.3) is 0 Å². The SMILES string of the molecule is CC(Cl)(/C=C/C(Cl)C(C)(Cl)/C=C/Cl)CBr. The minimum atomic E-state index is -0.709. The van der Waals surface area contributed by atoms with Crippen molar-refractivity contribution in [2.75, 3.05) is 5.33 Å². The van der Waals surface area contributed by atoms with Crippen molar-refractivity contribution >= 4 is 62.3 Å². The third-order valence-electron chi connectivity index (χ3n) is 1.80. The van der Waals surface area contributed by atoms with Crippen LogP contribution >= 0.6 is 62.3 Å². The molecule has 0 aromatic heterocycles. The van der Waals surface area contributed by atoms with Crippen LogP contribution in [0.5, 0.6) is 0 Å². The van der Waals surface area contributed by atoms with E-state index in [0.29, 0.717) is 5.33 Å². The molecule has 0 aromatic carbocycles. The summed E-state index contributed by atoms with van der Waals surface area (Å²) >= 11 is 27.1. The lowest BCUT2D eigenvalue weighted by Crippen LogP contribution is -2.26. The highest BCUT2D eigenvalue weighted by molar-refractivity contribution is 9.09. The average Bonchev–Trinajstić information content (AvgIpc) is 2.14. The first kappa shape index (κ1) is 16.1. The third kappa shape index (κ3) is 6.43. The van der Waals surface area contributed by atoms with E-state index in [1.54, 1.807) is 19.1 Å². The summed E-state index contributed by atoms with van der Waals surface area (Å²) in [6, 6.07) is 0. The smallest absolute Gasteiger partial charge is 0.0807 e. The van der Waals surface area contributed by atoms with Crippen LogP contribution < -0.4 is 0 Å². The molecule has 0 fully saturated rings. The standard InChI is InChI=1S/C10H13BrCl4/c1-9(14,7-11)4-3-8(13)10(2,15)5-6-12/h3-6,8H,7H2,1-2H3/b4-3+,6-5+. The lowest BCUT2D eigenvalue weighted by atomic mass is 10.0. The van der Waals surface area contributed by atoms with E-state index < -0.39 is 9.75 Å². The molecular formula is C10H13BrCl4. The Morgan fingerprint density at radius 3 is 2.20 bits per heavy atom. The Labute approximate surface area is 120 Å². The Bertz CT molecular complexity index is 246. The molecule has 0 heterocycles. The molecule has 0 spiro atoms. The first-order valence-electron chi connectivity index (χ1n) is 4.30. The van der Waals surface area contributed by atoms with Gasteiger partial charge in [0, 0.05) is 10.9 Å². The summed E-state index contributed by atoms with van der Waals surface area (Å²) in [5.74, 6) is 0. The maximum atomic E-state index is 6.15. The predicted octanol–water partition coefficient (Wildman–Crippen LogP) is 5.29. The highest BCUT2D eigenvalue weighted by atomic mass is 79.9. The van der Waals surface area contributed by atoms with Crippen LogP contribution in [0.15, 0.2) is 23.8 Å².